The van der Waals surface area contributed by atoms with Crippen LogP contribution in [0.1, 0.15) is 23.7 Å². The minimum atomic E-state index is -1.000. The molecule has 1 aliphatic heterocycles. The number of para-hydroxylation sites is 1. The second-order valence-corrected chi connectivity index (χ2v) is 8.13. The van der Waals surface area contributed by atoms with Gasteiger partial charge in [0.15, 0.2) is 0 Å². The first-order chi connectivity index (χ1) is 15.6. The molecule has 1 aromatic heterocycles. The molecule has 0 unspecified atom stereocenters. The lowest BCUT2D eigenvalue weighted by molar-refractivity contribution is 0.0697. The molecule has 0 aliphatic carbocycles. The maximum absolute atomic E-state index is 11.7. The lowest BCUT2D eigenvalue weighted by Gasteiger charge is -2.34. The second-order valence-electron chi connectivity index (χ2n) is 8.13. The Morgan fingerprint density at radius 2 is 1.69 bits per heavy atom. The molecule has 0 atom stereocenters. The number of fused-ring (bicyclic) bond motifs is 1. The average molecular weight is 434 g/mol. The summed E-state index contributed by atoms with van der Waals surface area (Å²) in [6.45, 7) is 10.1. The average Bonchev–Trinajstić information content (AvgIpc) is 2.83. The van der Waals surface area contributed by atoms with Crippen LogP contribution in [0, 0.1) is 0 Å². The molecule has 1 saturated heterocycles. The SMILES string of the molecule is CCN1CCN(CCCNc2ccc(Nc3c(C(=O)O)cnc4ccccc34)cc2)CC1. The van der Waals surface area contributed by atoms with Crippen LogP contribution in [0.5, 0.6) is 0 Å². The Balaban J connectivity index is 1.33. The molecule has 7 nitrogen and oxygen atoms in total. The number of hydrogen-bond acceptors (Lipinski definition) is 6. The molecule has 4 rings (SSSR count). The highest BCUT2D eigenvalue weighted by Gasteiger charge is 2.15. The number of rotatable bonds is 9. The summed E-state index contributed by atoms with van der Waals surface area (Å²) >= 11 is 0. The van der Waals surface area contributed by atoms with Crippen molar-refractivity contribution in [3.63, 3.8) is 0 Å². The van der Waals surface area contributed by atoms with E-state index < -0.39 is 5.97 Å². The van der Waals surface area contributed by atoms with Crippen LogP contribution in [0.2, 0.25) is 0 Å². The topological polar surface area (TPSA) is 80.7 Å². The Morgan fingerprint density at radius 3 is 2.41 bits per heavy atom. The molecule has 0 saturated carbocycles. The van der Waals surface area contributed by atoms with Gasteiger partial charge in [-0.15, -0.1) is 0 Å². The van der Waals surface area contributed by atoms with Gasteiger partial charge in [-0.2, -0.15) is 0 Å². The maximum Gasteiger partial charge on any atom is 0.339 e. The molecule has 0 radical (unpaired) electrons. The summed E-state index contributed by atoms with van der Waals surface area (Å²) in [4.78, 5) is 21.0. The zero-order chi connectivity index (χ0) is 22.3. The number of piperazine rings is 1. The summed E-state index contributed by atoms with van der Waals surface area (Å²) in [6, 6.07) is 15.5. The minimum absolute atomic E-state index is 0.158. The fourth-order valence-electron chi connectivity index (χ4n) is 4.12. The molecule has 168 valence electrons. The van der Waals surface area contributed by atoms with Crippen LogP contribution in [-0.4, -0.2) is 71.7 Å². The fourth-order valence-corrected chi connectivity index (χ4v) is 4.12. The van der Waals surface area contributed by atoms with Crippen molar-refractivity contribution < 1.29 is 9.90 Å². The summed E-state index contributed by atoms with van der Waals surface area (Å²) in [6.07, 6.45) is 2.52. The van der Waals surface area contributed by atoms with Gasteiger partial charge in [0.05, 0.1) is 11.2 Å². The summed E-state index contributed by atoms with van der Waals surface area (Å²) < 4.78 is 0. The van der Waals surface area contributed by atoms with Crippen molar-refractivity contribution in [3.8, 4) is 0 Å². The number of nitrogens with zero attached hydrogens (tertiary/aromatic N) is 3. The van der Waals surface area contributed by atoms with Gasteiger partial charge in [0.2, 0.25) is 0 Å². The van der Waals surface area contributed by atoms with Gasteiger partial charge in [-0.05, 0) is 49.8 Å². The Labute approximate surface area is 189 Å². The second kappa shape index (κ2) is 10.4. The molecule has 3 N–H and O–H groups in total. The van der Waals surface area contributed by atoms with Crippen molar-refractivity contribution in [2.75, 3.05) is 56.4 Å². The Morgan fingerprint density at radius 1 is 1.00 bits per heavy atom. The number of aromatic carboxylic acids is 1. The smallest absolute Gasteiger partial charge is 0.339 e. The van der Waals surface area contributed by atoms with Crippen LogP contribution in [0.4, 0.5) is 17.1 Å². The summed E-state index contributed by atoms with van der Waals surface area (Å²) in [5.41, 5.74) is 3.37. The highest BCUT2D eigenvalue weighted by molar-refractivity contribution is 6.05. The van der Waals surface area contributed by atoms with E-state index in [1.807, 2.05) is 48.5 Å². The van der Waals surface area contributed by atoms with E-state index >= 15 is 0 Å². The first-order valence-corrected chi connectivity index (χ1v) is 11.3. The number of benzene rings is 2. The van der Waals surface area contributed by atoms with Crippen molar-refractivity contribution in [3.05, 3.63) is 60.3 Å². The van der Waals surface area contributed by atoms with E-state index in [4.69, 9.17) is 0 Å². The summed E-state index contributed by atoms with van der Waals surface area (Å²) in [5, 5.41) is 17.1. The van der Waals surface area contributed by atoms with Gasteiger partial charge in [-0.25, -0.2) is 4.79 Å². The van der Waals surface area contributed by atoms with Gasteiger partial charge in [-0.1, -0.05) is 25.1 Å². The van der Waals surface area contributed by atoms with E-state index in [2.05, 4.69) is 32.3 Å². The van der Waals surface area contributed by atoms with Crippen LogP contribution < -0.4 is 10.6 Å². The lowest BCUT2D eigenvalue weighted by Crippen LogP contribution is -2.46. The number of anilines is 3. The number of carboxylic acid groups (broad SMARTS) is 1. The zero-order valence-electron chi connectivity index (χ0n) is 18.6. The van der Waals surface area contributed by atoms with Crippen molar-refractivity contribution in [1.82, 2.24) is 14.8 Å². The molecule has 7 heteroatoms. The van der Waals surface area contributed by atoms with E-state index in [1.54, 1.807) is 0 Å². The highest BCUT2D eigenvalue weighted by atomic mass is 16.4. The number of nitrogens with one attached hydrogen (secondary N) is 2. The number of pyridine rings is 1. The number of aromatic nitrogens is 1. The number of carbonyl (C=O) groups is 1. The fraction of sp³-hybridized carbons (Fsp3) is 0.360. The molecule has 2 heterocycles. The molecule has 1 aliphatic rings. The van der Waals surface area contributed by atoms with E-state index in [0.717, 1.165) is 61.4 Å². The molecular weight excluding hydrogens is 402 g/mol. The first kappa shape index (κ1) is 22.0. The van der Waals surface area contributed by atoms with E-state index in [9.17, 15) is 9.90 Å². The van der Waals surface area contributed by atoms with Gasteiger partial charge < -0.3 is 25.5 Å². The molecule has 0 spiro atoms. The standard InChI is InChI=1S/C25H31N5O2/c1-2-29-14-16-30(17-15-29)13-5-12-26-19-8-10-20(11-9-19)28-24-21-6-3-4-7-23(21)27-18-22(24)25(31)32/h3-4,6-11,18,26H,2,5,12-17H2,1H3,(H,27,28)(H,31,32). The Bertz CT molecular complexity index is 1050. The van der Waals surface area contributed by atoms with Gasteiger partial charge in [0.25, 0.3) is 0 Å². The highest BCUT2D eigenvalue weighted by Crippen LogP contribution is 2.29. The van der Waals surface area contributed by atoms with Crippen LogP contribution in [0.3, 0.4) is 0 Å². The predicted octanol–water partition coefficient (Wildman–Crippen LogP) is 4.12. The third-order valence-electron chi connectivity index (χ3n) is 6.05. The van der Waals surface area contributed by atoms with Crippen molar-refractivity contribution in [2.24, 2.45) is 0 Å². The Kier molecular flexibility index (Phi) is 7.19. The van der Waals surface area contributed by atoms with Gasteiger partial charge in [0.1, 0.15) is 5.56 Å². The summed E-state index contributed by atoms with van der Waals surface area (Å²) in [7, 11) is 0. The van der Waals surface area contributed by atoms with E-state index in [0.29, 0.717) is 5.69 Å². The van der Waals surface area contributed by atoms with Crippen LogP contribution in [0.25, 0.3) is 10.9 Å². The lowest BCUT2D eigenvalue weighted by atomic mass is 10.1. The van der Waals surface area contributed by atoms with Crippen LogP contribution in [0.15, 0.2) is 54.7 Å². The normalized spacial score (nSPS) is 15.0. The Hall–Kier alpha value is -3.16. The maximum atomic E-state index is 11.7. The number of hydrogen-bond donors (Lipinski definition) is 3. The van der Waals surface area contributed by atoms with Crippen LogP contribution in [-0.2, 0) is 0 Å². The number of likely N-dealkylation sites (N-methyl/N-ethyl adjacent to an activating group) is 1. The van der Waals surface area contributed by atoms with E-state index in [1.165, 1.54) is 19.3 Å². The molecule has 1 fully saturated rings. The first-order valence-electron chi connectivity index (χ1n) is 11.3. The van der Waals surface area contributed by atoms with Gasteiger partial charge in [-0.3, -0.25) is 4.98 Å². The van der Waals surface area contributed by atoms with E-state index in [-0.39, 0.29) is 5.56 Å². The number of carboxylic acids is 1. The molecule has 32 heavy (non-hydrogen) atoms. The monoisotopic (exact) mass is 433 g/mol. The van der Waals surface area contributed by atoms with Gasteiger partial charge >= 0.3 is 5.97 Å². The van der Waals surface area contributed by atoms with Crippen LogP contribution >= 0.6 is 0 Å². The largest absolute Gasteiger partial charge is 0.478 e. The summed E-state index contributed by atoms with van der Waals surface area (Å²) in [5.74, 6) is -1.000. The third kappa shape index (κ3) is 5.36. The van der Waals surface area contributed by atoms with Gasteiger partial charge in [0, 0.05) is 55.7 Å². The van der Waals surface area contributed by atoms with Crippen molar-refractivity contribution in [1.29, 1.82) is 0 Å². The third-order valence-corrected chi connectivity index (χ3v) is 6.05. The molecular formula is C25H31N5O2. The van der Waals surface area contributed by atoms with Crippen molar-refractivity contribution >= 4 is 33.9 Å². The molecule has 0 bridgehead atoms. The van der Waals surface area contributed by atoms with Crippen molar-refractivity contribution in [2.45, 2.75) is 13.3 Å². The molecule has 0 amide bonds. The molecule has 3 aromatic rings. The quantitative estimate of drug-likeness (QED) is 0.438. The zero-order valence-corrected chi connectivity index (χ0v) is 18.6. The predicted molar refractivity (Wildman–Crippen MR) is 130 cm³/mol. The minimum Gasteiger partial charge on any atom is -0.478 e. The molecule has 2 aromatic carbocycles.